The van der Waals surface area contributed by atoms with Crippen LogP contribution >= 0.6 is 15.9 Å². The number of benzene rings is 2. The first kappa shape index (κ1) is 9.72. The molecule has 2 aromatic carbocycles. The first-order valence-corrected chi connectivity index (χ1v) is 5.77. The molecule has 0 amide bonds. The van der Waals surface area contributed by atoms with Crippen molar-refractivity contribution in [3.63, 3.8) is 0 Å². The predicted octanol–water partition coefficient (Wildman–Crippen LogP) is 4.55. The highest BCUT2D eigenvalue weighted by atomic mass is 79.9. The zero-order valence-electron chi connectivity index (χ0n) is 8.26. The first-order chi connectivity index (χ1) is 6.81. The third kappa shape index (κ3) is 1.83. The van der Waals surface area contributed by atoms with Crippen LogP contribution in [-0.4, -0.2) is 0 Å². The van der Waals surface area contributed by atoms with Crippen LogP contribution < -0.4 is 0 Å². The van der Waals surface area contributed by atoms with Gasteiger partial charge < -0.3 is 0 Å². The van der Waals surface area contributed by atoms with Gasteiger partial charge in [0.15, 0.2) is 0 Å². The maximum absolute atomic E-state index is 3.58. The standard InChI is InChI=1S/C13H13Br/c1-2-4-10-7-8-11-5-3-6-13(14)12(11)9-10/h3,5-9H,2,4H2,1H3. The second-order valence-corrected chi connectivity index (χ2v) is 4.40. The number of halogens is 1. The lowest BCUT2D eigenvalue weighted by atomic mass is 10.0. The van der Waals surface area contributed by atoms with E-state index >= 15 is 0 Å². The van der Waals surface area contributed by atoms with E-state index in [4.69, 9.17) is 0 Å². The van der Waals surface area contributed by atoms with Crippen LogP contribution in [0, 0.1) is 0 Å². The smallest absolute Gasteiger partial charge is 0.0253 e. The van der Waals surface area contributed by atoms with E-state index in [9.17, 15) is 0 Å². The molecule has 0 spiro atoms. The number of fused-ring (bicyclic) bond motifs is 1. The second-order valence-electron chi connectivity index (χ2n) is 3.55. The normalized spacial score (nSPS) is 10.7. The van der Waals surface area contributed by atoms with Gasteiger partial charge in [0.1, 0.15) is 0 Å². The molecule has 0 unspecified atom stereocenters. The molecule has 0 aliphatic carbocycles. The monoisotopic (exact) mass is 248 g/mol. The molecule has 0 aliphatic heterocycles. The van der Waals surface area contributed by atoms with Crippen LogP contribution in [-0.2, 0) is 6.42 Å². The molecule has 72 valence electrons. The lowest BCUT2D eigenvalue weighted by Crippen LogP contribution is -1.83. The highest BCUT2D eigenvalue weighted by Crippen LogP contribution is 2.25. The van der Waals surface area contributed by atoms with E-state index in [0.29, 0.717) is 0 Å². The average molecular weight is 249 g/mol. The van der Waals surface area contributed by atoms with Crippen LogP contribution in [0.25, 0.3) is 10.8 Å². The molecule has 1 heteroatoms. The van der Waals surface area contributed by atoms with Crippen molar-refractivity contribution in [1.29, 1.82) is 0 Å². The van der Waals surface area contributed by atoms with Gasteiger partial charge in [-0.25, -0.2) is 0 Å². The molecular weight excluding hydrogens is 236 g/mol. The number of hydrogen-bond acceptors (Lipinski definition) is 0. The average Bonchev–Trinajstić information content (AvgIpc) is 2.20. The van der Waals surface area contributed by atoms with E-state index in [1.807, 2.05) is 0 Å². The van der Waals surface area contributed by atoms with Crippen molar-refractivity contribution < 1.29 is 0 Å². The largest absolute Gasteiger partial charge is 0.0651 e. The van der Waals surface area contributed by atoms with E-state index in [1.54, 1.807) is 0 Å². The van der Waals surface area contributed by atoms with Crippen LogP contribution in [0.2, 0.25) is 0 Å². The highest BCUT2D eigenvalue weighted by molar-refractivity contribution is 9.10. The number of hydrogen-bond donors (Lipinski definition) is 0. The Kier molecular flexibility index (Phi) is 2.87. The first-order valence-electron chi connectivity index (χ1n) is 4.98. The topological polar surface area (TPSA) is 0 Å². The summed E-state index contributed by atoms with van der Waals surface area (Å²) in [4.78, 5) is 0. The molecule has 2 rings (SSSR count). The molecule has 0 fully saturated rings. The zero-order chi connectivity index (χ0) is 9.97. The molecule has 0 saturated heterocycles. The summed E-state index contributed by atoms with van der Waals surface area (Å²) in [6.45, 7) is 2.21. The summed E-state index contributed by atoms with van der Waals surface area (Å²) >= 11 is 3.58. The number of aryl methyl sites for hydroxylation is 1. The van der Waals surface area contributed by atoms with E-state index in [-0.39, 0.29) is 0 Å². The Morgan fingerprint density at radius 3 is 2.79 bits per heavy atom. The quantitative estimate of drug-likeness (QED) is 0.732. The Bertz CT molecular complexity index is 446. The summed E-state index contributed by atoms with van der Waals surface area (Å²) in [6, 6.07) is 13.0. The van der Waals surface area contributed by atoms with Gasteiger partial charge in [-0.1, -0.05) is 59.6 Å². The lowest BCUT2D eigenvalue weighted by molar-refractivity contribution is 0.923. The summed E-state index contributed by atoms with van der Waals surface area (Å²) < 4.78 is 1.19. The van der Waals surface area contributed by atoms with Crippen molar-refractivity contribution in [2.45, 2.75) is 19.8 Å². The fourth-order valence-corrected chi connectivity index (χ4v) is 2.22. The van der Waals surface area contributed by atoms with Crippen LogP contribution in [0.15, 0.2) is 40.9 Å². The molecule has 0 aliphatic rings. The van der Waals surface area contributed by atoms with Gasteiger partial charge in [0.05, 0.1) is 0 Å². The zero-order valence-corrected chi connectivity index (χ0v) is 9.84. The Morgan fingerprint density at radius 2 is 2.00 bits per heavy atom. The Morgan fingerprint density at radius 1 is 1.14 bits per heavy atom. The summed E-state index contributed by atoms with van der Waals surface area (Å²) in [5.41, 5.74) is 1.42. The van der Waals surface area contributed by atoms with Gasteiger partial charge in [0.25, 0.3) is 0 Å². The third-order valence-corrected chi connectivity index (χ3v) is 3.12. The molecule has 0 nitrogen and oxygen atoms in total. The van der Waals surface area contributed by atoms with Crippen LogP contribution in [0.4, 0.5) is 0 Å². The summed E-state index contributed by atoms with van der Waals surface area (Å²) in [5, 5.41) is 2.62. The minimum Gasteiger partial charge on any atom is -0.0651 e. The van der Waals surface area contributed by atoms with E-state index < -0.39 is 0 Å². The van der Waals surface area contributed by atoms with Crippen molar-refractivity contribution in [3.8, 4) is 0 Å². The van der Waals surface area contributed by atoms with Gasteiger partial charge in [-0.05, 0) is 28.8 Å². The molecule has 14 heavy (non-hydrogen) atoms. The lowest BCUT2D eigenvalue weighted by Gasteiger charge is -2.03. The molecule has 0 N–H and O–H groups in total. The SMILES string of the molecule is CCCc1ccc2cccc(Br)c2c1. The highest BCUT2D eigenvalue weighted by Gasteiger charge is 1.98. The molecular formula is C13H13Br. The molecule has 0 bridgehead atoms. The van der Waals surface area contributed by atoms with E-state index in [0.717, 1.165) is 6.42 Å². The van der Waals surface area contributed by atoms with Gasteiger partial charge in [-0.2, -0.15) is 0 Å². The van der Waals surface area contributed by atoms with Crippen LogP contribution in [0.3, 0.4) is 0 Å². The summed E-state index contributed by atoms with van der Waals surface area (Å²) in [7, 11) is 0. The van der Waals surface area contributed by atoms with Crippen LogP contribution in [0.5, 0.6) is 0 Å². The van der Waals surface area contributed by atoms with Crippen molar-refractivity contribution >= 4 is 26.7 Å². The second kappa shape index (κ2) is 4.14. The summed E-state index contributed by atoms with van der Waals surface area (Å²) in [6.07, 6.45) is 2.37. The van der Waals surface area contributed by atoms with Crippen LogP contribution in [0.1, 0.15) is 18.9 Å². The molecule has 0 saturated carbocycles. The maximum Gasteiger partial charge on any atom is 0.0253 e. The Hall–Kier alpha value is -0.820. The third-order valence-electron chi connectivity index (χ3n) is 2.43. The van der Waals surface area contributed by atoms with Crippen molar-refractivity contribution in [3.05, 3.63) is 46.4 Å². The van der Waals surface area contributed by atoms with Gasteiger partial charge in [-0.3, -0.25) is 0 Å². The minimum atomic E-state index is 1.16. The van der Waals surface area contributed by atoms with Gasteiger partial charge in [0.2, 0.25) is 0 Å². The van der Waals surface area contributed by atoms with E-state index in [2.05, 4.69) is 59.3 Å². The van der Waals surface area contributed by atoms with Gasteiger partial charge in [-0.15, -0.1) is 0 Å². The summed E-state index contributed by atoms with van der Waals surface area (Å²) in [5.74, 6) is 0. The minimum absolute atomic E-state index is 1.16. The Balaban J connectivity index is 2.58. The number of rotatable bonds is 2. The van der Waals surface area contributed by atoms with Crippen molar-refractivity contribution in [2.75, 3.05) is 0 Å². The van der Waals surface area contributed by atoms with Crippen molar-refractivity contribution in [1.82, 2.24) is 0 Å². The molecule has 0 heterocycles. The fraction of sp³-hybridized carbons (Fsp3) is 0.231. The molecule has 0 radical (unpaired) electrons. The fourth-order valence-electron chi connectivity index (χ4n) is 1.73. The molecule has 0 aromatic heterocycles. The van der Waals surface area contributed by atoms with Gasteiger partial charge in [0, 0.05) is 4.47 Å². The van der Waals surface area contributed by atoms with E-state index in [1.165, 1.54) is 27.2 Å². The van der Waals surface area contributed by atoms with Gasteiger partial charge >= 0.3 is 0 Å². The molecule has 0 atom stereocenters. The predicted molar refractivity (Wildman–Crippen MR) is 65.6 cm³/mol. The Labute approximate surface area is 93.1 Å². The maximum atomic E-state index is 3.58. The van der Waals surface area contributed by atoms with Crippen molar-refractivity contribution in [2.24, 2.45) is 0 Å². The molecule has 2 aromatic rings.